The van der Waals surface area contributed by atoms with Crippen LogP contribution in [-0.4, -0.2) is 54.7 Å². The topological polar surface area (TPSA) is 136 Å². The summed E-state index contributed by atoms with van der Waals surface area (Å²) in [6, 6.07) is 12.6. The molecular weight excluding hydrogens is 571 g/mol. The Morgan fingerprint density at radius 3 is 2.50 bits per heavy atom. The van der Waals surface area contributed by atoms with E-state index in [-0.39, 0.29) is 11.3 Å². The lowest BCUT2D eigenvalue weighted by Gasteiger charge is -2.28. The second-order valence-electron chi connectivity index (χ2n) is 9.35. The highest BCUT2D eigenvalue weighted by atomic mass is 32.2. The van der Waals surface area contributed by atoms with Crippen molar-refractivity contribution in [2.75, 3.05) is 41.7 Å². The number of nitrogens with two attached hydrogens (primary N) is 1. The highest BCUT2D eigenvalue weighted by molar-refractivity contribution is 7.92. The van der Waals surface area contributed by atoms with Gasteiger partial charge in [0.2, 0.25) is 0 Å². The van der Waals surface area contributed by atoms with E-state index in [0.29, 0.717) is 72.5 Å². The summed E-state index contributed by atoms with van der Waals surface area (Å²) in [7, 11) is -4.65. The van der Waals surface area contributed by atoms with Gasteiger partial charge in [0, 0.05) is 30.4 Å². The first kappa shape index (κ1) is 27.4. The summed E-state index contributed by atoms with van der Waals surface area (Å²) < 4.78 is 76.7. The molecule has 2 aromatic carbocycles. The van der Waals surface area contributed by atoms with E-state index in [4.69, 9.17) is 15.5 Å². The molecule has 1 fully saturated rings. The number of hydrogen-bond acceptors (Lipinski definition) is 9. The molecule has 10 nitrogen and oxygen atoms in total. The largest absolute Gasteiger partial charge is 0.384 e. The van der Waals surface area contributed by atoms with Crippen molar-refractivity contribution in [3.05, 3.63) is 84.3 Å². The second-order valence-corrected chi connectivity index (χ2v) is 11.0. The van der Waals surface area contributed by atoms with Gasteiger partial charge in [-0.15, -0.1) is 0 Å². The maximum absolute atomic E-state index is 15.7. The quantitative estimate of drug-likeness (QED) is 0.294. The van der Waals surface area contributed by atoms with E-state index in [1.807, 2.05) is 9.62 Å². The zero-order valence-corrected chi connectivity index (χ0v) is 22.6. The minimum Gasteiger partial charge on any atom is -0.384 e. The Bertz CT molecular complexity index is 1920. The maximum atomic E-state index is 15.7. The van der Waals surface area contributed by atoms with Gasteiger partial charge in [-0.25, -0.2) is 41.5 Å². The van der Waals surface area contributed by atoms with Gasteiger partial charge >= 0.3 is 0 Å². The first-order valence-electron chi connectivity index (χ1n) is 12.7. The van der Waals surface area contributed by atoms with Crippen LogP contribution >= 0.6 is 0 Å². The summed E-state index contributed by atoms with van der Waals surface area (Å²) in [5.41, 5.74) is 6.94. The van der Waals surface area contributed by atoms with E-state index in [9.17, 15) is 17.2 Å². The van der Waals surface area contributed by atoms with E-state index in [1.54, 1.807) is 30.5 Å². The number of pyridine rings is 2. The van der Waals surface area contributed by atoms with Gasteiger partial charge in [0.1, 0.15) is 27.9 Å². The molecule has 214 valence electrons. The van der Waals surface area contributed by atoms with Gasteiger partial charge in [-0.3, -0.25) is 4.72 Å². The third-order valence-electron chi connectivity index (χ3n) is 6.58. The van der Waals surface area contributed by atoms with E-state index in [1.165, 1.54) is 18.2 Å². The zero-order chi connectivity index (χ0) is 29.4. The Labute approximate surface area is 238 Å². The molecule has 1 saturated heterocycles. The minimum atomic E-state index is -4.65. The molecule has 5 aromatic rings. The SMILES string of the molecule is Nc1ccc(-c2nc(N3CCOCC3)c3nc(-c4cccc(NS(=O)(=O)c5cc(F)ccc5F)c4F)ccc3n2)cn1. The van der Waals surface area contributed by atoms with Crippen LogP contribution in [-0.2, 0) is 14.8 Å². The monoisotopic (exact) mass is 593 g/mol. The van der Waals surface area contributed by atoms with E-state index < -0.39 is 38.1 Å². The van der Waals surface area contributed by atoms with Crippen LogP contribution in [0.3, 0.4) is 0 Å². The molecule has 14 heteroatoms. The lowest BCUT2D eigenvalue weighted by Crippen LogP contribution is -2.37. The number of benzene rings is 2. The minimum absolute atomic E-state index is 0.0310. The maximum Gasteiger partial charge on any atom is 0.265 e. The fourth-order valence-electron chi connectivity index (χ4n) is 4.50. The van der Waals surface area contributed by atoms with Crippen molar-refractivity contribution in [2.45, 2.75) is 4.90 Å². The van der Waals surface area contributed by atoms with Crippen LogP contribution in [0.1, 0.15) is 0 Å². The molecule has 0 amide bonds. The summed E-state index contributed by atoms with van der Waals surface area (Å²) in [6.45, 7) is 2.04. The summed E-state index contributed by atoms with van der Waals surface area (Å²) >= 11 is 0. The number of nitrogen functional groups attached to an aromatic ring is 1. The van der Waals surface area contributed by atoms with Crippen molar-refractivity contribution in [2.24, 2.45) is 0 Å². The number of hydrogen-bond donors (Lipinski definition) is 2. The highest BCUT2D eigenvalue weighted by Crippen LogP contribution is 2.33. The first-order chi connectivity index (χ1) is 20.2. The molecule has 1 aliphatic rings. The molecule has 42 heavy (non-hydrogen) atoms. The van der Waals surface area contributed by atoms with Gasteiger partial charge in [-0.2, -0.15) is 0 Å². The zero-order valence-electron chi connectivity index (χ0n) is 21.8. The molecule has 1 aliphatic heterocycles. The summed E-state index contributed by atoms with van der Waals surface area (Å²) in [4.78, 5) is 19.2. The van der Waals surface area contributed by atoms with Gasteiger partial charge in [-0.1, -0.05) is 6.07 Å². The van der Waals surface area contributed by atoms with Crippen LogP contribution in [0.5, 0.6) is 0 Å². The molecule has 0 radical (unpaired) electrons. The molecule has 0 spiro atoms. The van der Waals surface area contributed by atoms with Crippen LogP contribution in [0.2, 0.25) is 0 Å². The van der Waals surface area contributed by atoms with Crippen molar-refractivity contribution >= 4 is 38.4 Å². The molecule has 4 heterocycles. The second kappa shape index (κ2) is 10.9. The highest BCUT2D eigenvalue weighted by Gasteiger charge is 2.24. The molecular formula is C28H22F3N7O3S. The summed E-state index contributed by atoms with van der Waals surface area (Å²) in [6.07, 6.45) is 1.57. The van der Waals surface area contributed by atoms with Crippen molar-refractivity contribution in [1.82, 2.24) is 19.9 Å². The van der Waals surface area contributed by atoms with Gasteiger partial charge < -0.3 is 15.4 Å². The van der Waals surface area contributed by atoms with E-state index in [0.717, 1.165) is 6.07 Å². The molecule has 0 unspecified atom stereocenters. The molecule has 0 saturated carbocycles. The van der Waals surface area contributed by atoms with Gasteiger partial charge in [0.05, 0.1) is 30.1 Å². The smallest absolute Gasteiger partial charge is 0.265 e. The molecule has 3 aromatic heterocycles. The Morgan fingerprint density at radius 2 is 1.74 bits per heavy atom. The predicted octanol–water partition coefficient (Wildman–Crippen LogP) is 4.39. The van der Waals surface area contributed by atoms with E-state index in [2.05, 4.69) is 15.0 Å². The third-order valence-corrected chi connectivity index (χ3v) is 7.96. The van der Waals surface area contributed by atoms with Crippen LogP contribution < -0.4 is 15.4 Å². The average Bonchev–Trinajstić information content (AvgIpc) is 2.99. The number of nitrogens with one attached hydrogen (secondary N) is 1. The summed E-state index contributed by atoms with van der Waals surface area (Å²) in [5, 5.41) is 0. The van der Waals surface area contributed by atoms with Gasteiger partial charge in [0.25, 0.3) is 10.0 Å². The van der Waals surface area contributed by atoms with Crippen molar-refractivity contribution in [3.8, 4) is 22.6 Å². The van der Waals surface area contributed by atoms with Crippen molar-refractivity contribution in [1.29, 1.82) is 0 Å². The van der Waals surface area contributed by atoms with Crippen LogP contribution in [0.25, 0.3) is 33.7 Å². The third kappa shape index (κ3) is 5.29. The number of sulfonamides is 1. The molecule has 3 N–H and O–H groups in total. The molecule has 0 atom stereocenters. The number of anilines is 3. The number of halogens is 3. The number of nitrogens with zero attached hydrogens (tertiary/aromatic N) is 5. The standard InChI is InChI=1S/C28H22F3N7O3S/c29-17-5-6-19(30)23(14-17)42(39,40)37-21-3-1-2-18(25(21)31)20-7-8-22-26(34-20)28(38-10-12-41-13-11-38)36-27(35-22)16-4-9-24(32)33-15-16/h1-9,14-15,37H,10-13H2,(H2,32,33). The summed E-state index contributed by atoms with van der Waals surface area (Å²) in [5.74, 6) is -1.83. The van der Waals surface area contributed by atoms with Crippen molar-refractivity contribution in [3.63, 3.8) is 0 Å². The number of ether oxygens (including phenoxy) is 1. The Morgan fingerprint density at radius 1 is 0.929 bits per heavy atom. The Balaban J connectivity index is 1.43. The van der Waals surface area contributed by atoms with Crippen LogP contribution in [0, 0.1) is 17.5 Å². The van der Waals surface area contributed by atoms with Gasteiger partial charge in [0.15, 0.2) is 17.5 Å². The average molecular weight is 594 g/mol. The first-order valence-corrected chi connectivity index (χ1v) is 14.2. The normalized spacial score (nSPS) is 13.8. The lowest BCUT2D eigenvalue weighted by atomic mass is 10.1. The number of fused-ring (bicyclic) bond motifs is 1. The fraction of sp³-hybridized carbons (Fsp3) is 0.143. The molecule has 0 aliphatic carbocycles. The van der Waals surface area contributed by atoms with Crippen LogP contribution in [0.15, 0.2) is 71.8 Å². The Hall–Kier alpha value is -4.82. The predicted molar refractivity (Wildman–Crippen MR) is 151 cm³/mol. The Kier molecular flexibility index (Phi) is 7.08. The molecule has 0 bridgehead atoms. The van der Waals surface area contributed by atoms with Crippen molar-refractivity contribution < 1.29 is 26.3 Å². The number of rotatable bonds is 6. The van der Waals surface area contributed by atoms with Gasteiger partial charge in [-0.05, 0) is 54.6 Å². The fourth-order valence-corrected chi connectivity index (χ4v) is 5.65. The number of morpholine rings is 1. The van der Waals surface area contributed by atoms with E-state index >= 15 is 4.39 Å². The number of aromatic nitrogens is 4. The lowest BCUT2D eigenvalue weighted by molar-refractivity contribution is 0.122. The van der Waals surface area contributed by atoms with Crippen LogP contribution in [0.4, 0.5) is 30.5 Å². The molecule has 6 rings (SSSR count).